The van der Waals surface area contributed by atoms with Crippen LogP contribution < -0.4 is 15.6 Å². The molecule has 0 bridgehead atoms. The van der Waals surface area contributed by atoms with Crippen LogP contribution in [0.1, 0.15) is 12.1 Å². The number of nitrogens with zero attached hydrogens (tertiary/aromatic N) is 4. The molecule has 3 N–H and O–H groups in total. The van der Waals surface area contributed by atoms with E-state index >= 15 is 0 Å². The number of β-amino-alcohol motifs (C(OH)–C–C–N with tert-alkyl or cyclic N) is 1. The van der Waals surface area contributed by atoms with Crippen LogP contribution in [0.25, 0.3) is 10.9 Å². The van der Waals surface area contributed by atoms with Gasteiger partial charge < -0.3 is 25.2 Å². The molecule has 152 valence electrons. The zero-order valence-corrected chi connectivity index (χ0v) is 16.7. The molecule has 0 amide bonds. The first-order chi connectivity index (χ1) is 14.0. The van der Waals surface area contributed by atoms with E-state index in [1.807, 2.05) is 44.4 Å². The maximum Gasteiger partial charge on any atom is 0.189 e. The van der Waals surface area contributed by atoms with Gasteiger partial charge in [0.15, 0.2) is 5.43 Å². The summed E-state index contributed by atoms with van der Waals surface area (Å²) in [5.41, 5.74) is 1.60. The average Bonchev–Trinajstić information content (AvgIpc) is 3.06. The third kappa shape index (κ3) is 4.38. The van der Waals surface area contributed by atoms with E-state index in [0.717, 1.165) is 30.0 Å². The molecule has 29 heavy (non-hydrogen) atoms. The predicted octanol–water partition coefficient (Wildman–Crippen LogP) is 1.43. The third-order valence-corrected chi connectivity index (χ3v) is 5.17. The first-order valence-electron chi connectivity index (χ1n) is 9.76. The fourth-order valence-corrected chi connectivity index (χ4v) is 3.90. The van der Waals surface area contributed by atoms with Crippen molar-refractivity contribution in [1.82, 2.24) is 19.9 Å². The highest BCUT2D eigenvalue weighted by Crippen LogP contribution is 2.25. The molecule has 3 heterocycles. The highest BCUT2D eigenvalue weighted by molar-refractivity contribution is 5.78. The van der Waals surface area contributed by atoms with Crippen LogP contribution in [-0.4, -0.2) is 64.3 Å². The number of rotatable bonds is 6. The standard InChI is InChI=1S/C21H26N6O2/c1-26(2)11-15-8-16(28)12-27(15)21-9-20(23-13-24-21)22-10-14-7-19(29)17-5-3-4-6-18(17)25-14/h3-7,9,13,15-16,28H,8,10-12H2,1-2H3,(H,25,29)(H,22,23,24)/t15-,16-/m1/s1. The van der Waals surface area contributed by atoms with E-state index in [2.05, 4.69) is 30.1 Å². The minimum absolute atomic E-state index is 0.00268. The summed E-state index contributed by atoms with van der Waals surface area (Å²) < 4.78 is 0. The molecule has 0 aliphatic carbocycles. The van der Waals surface area contributed by atoms with Gasteiger partial charge in [-0.25, -0.2) is 9.97 Å². The number of aliphatic hydroxyl groups excluding tert-OH is 1. The van der Waals surface area contributed by atoms with E-state index in [9.17, 15) is 9.90 Å². The number of fused-ring (bicyclic) bond motifs is 1. The monoisotopic (exact) mass is 394 g/mol. The molecule has 2 aromatic heterocycles. The minimum atomic E-state index is -0.353. The fraction of sp³-hybridized carbons (Fsp3) is 0.381. The second kappa shape index (κ2) is 8.18. The normalized spacial score (nSPS) is 19.2. The van der Waals surface area contributed by atoms with Gasteiger partial charge in [-0.05, 0) is 32.6 Å². The van der Waals surface area contributed by atoms with Crippen molar-refractivity contribution >= 4 is 22.5 Å². The lowest BCUT2D eigenvalue weighted by molar-refractivity contribution is 0.191. The van der Waals surface area contributed by atoms with Crippen LogP contribution in [-0.2, 0) is 6.54 Å². The van der Waals surface area contributed by atoms with Crippen molar-refractivity contribution < 1.29 is 5.11 Å². The Hall–Kier alpha value is -2.97. The molecule has 1 aliphatic heterocycles. The molecular weight excluding hydrogens is 368 g/mol. The molecule has 8 nitrogen and oxygen atoms in total. The summed E-state index contributed by atoms with van der Waals surface area (Å²) in [7, 11) is 4.06. The van der Waals surface area contributed by atoms with Crippen LogP contribution in [0, 0.1) is 0 Å². The zero-order valence-electron chi connectivity index (χ0n) is 16.7. The van der Waals surface area contributed by atoms with Crippen LogP contribution in [0.15, 0.2) is 47.5 Å². The molecule has 1 saturated heterocycles. The predicted molar refractivity (Wildman–Crippen MR) is 114 cm³/mol. The van der Waals surface area contributed by atoms with Gasteiger partial charge in [0.2, 0.25) is 0 Å². The molecule has 2 atom stereocenters. The molecule has 4 rings (SSSR count). The first kappa shape index (κ1) is 19.4. The molecular formula is C21H26N6O2. The molecule has 3 aromatic rings. The molecule has 0 unspecified atom stereocenters. The molecule has 0 radical (unpaired) electrons. The van der Waals surface area contributed by atoms with Crippen LogP contribution in [0.4, 0.5) is 11.6 Å². The van der Waals surface area contributed by atoms with Gasteiger partial charge in [0.25, 0.3) is 0 Å². The van der Waals surface area contributed by atoms with Crippen LogP contribution in [0.3, 0.4) is 0 Å². The van der Waals surface area contributed by atoms with E-state index in [1.165, 1.54) is 6.33 Å². The molecule has 1 aromatic carbocycles. The van der Waals surface area contributed by atoms with E-state index in [0.29, 0.717) is 24.3 Å². The van der Waals surface area contributed by atoms with Crippen molar-refractivity contribution in [2.24, 2.45) is 0 Å². The maximum absolute atomic E-state index is 12.3. The second-order valence-corrected chi connectivity index (χ2v) is 7.78. The molecule has 0 spiro atoms. The number of aromatic amines is 1. The topological polar surface area (TPSA) is 97.4 Å². The Morgan fingerprint density at radius 3 is 2.93 bits per heavy atom. The van der Waals surface area contributed by atoms with Gasteiger partial charge in [-0.2, -0.15) is 0 Å². The Bertz CT molecular complexity index is 1050. The van der Waals surface area contributed by atoms with Gasteiger partial charge in [0, 0.05) is 47.9 Å². The van der Waals surface area contributed by atoms with Gasteiger partial charge >= 0.3 is 0 Å². The number of hydrogen-bond donors (Lipinski definition) is 3. The Morgan fingerprint density at radius 2 is 2.10 bits per heavy atom. The number of benzene rings is 1. The van der Waals surface area contributed by atoms with Gasteiger partial charge in [-0.3, -0.25) is 4.79 Å². The van der Waals surface area contributed by atoms with E-state index in [4.69, 9.17) is 0 Å². The lowest BCUT2D eigenvalue weighted by Gasteiger charge is -2.27. The number of hydrogen-bond acceptors (Lipinski definition) is 7. The third-order valence-electron chi connectivity index (χ3n) is 5.17. The number of anilines is 2. The zero-order chi connectivity index (χ0) is 20.4. The number of nitrogens with one attached hydrogen (secondary N) is 2. The van der Waals surface area contributed by atoms with Crippen molar-refractivity contribution in [2.75, 3.05) is 37.4 Å². The quantitative estimate of drug-likeness (QED) is 0.582. The molecule has 1 fully saturated rings. The average molecular weight is 394 g/mol. The Kier molecular flexibility index (Phi) is 5.46. The van der Waals surface area contributed by atoms with Crippen LogP contribution in [0.2, 0.25) is 0 Å². The summed E-state index contributed by atoms with van der Waals surface area (Å²) in [5, 5.41) is 14.1. The summed E-state index contributed by atoms with van der Waals surface area (Å²) in [6.45, 7) is 1.86. The smallest absolute Gasteiger partial charge is 0.189 e. The highest BCUT2D eigenvalue weighted by atomic mass is 16.3. The lowest BCUT2D eigenvalue weighted by atomic mass is 10.2. The van der Waals surface area contributed by atoms with Gasteiger partial charge in [0.05, 0.1) is 12.6 Å². The van der Waals surface area contributed by atoms with E-state index in [1.54, 1.807) is 6.07 Å². The first-order valence-corrected chi connectivity index (χ1v) is 9.76. The van der Waals surface area contributed by atoms with Crippen LogP contribution in [0.5, 0.6) is 0 Å². The summed E-state index contributed by atoms with van der Waals surface area (Å²) in [5.74, 6) is 1.46. The number of para-hydroxylation sites is 1. The van der Waals surface area contributed by atoms with Crippen molar-refractivity contribution in [1.29, 1.82) is 0 Å². The van der Waals surface area contributed by atoms with E-state index < -0.39 is 0 Å². The van der Waals surface area contributed by atoms with E-state index in [-0.39, 0.29) is 17.6 Å². The number of aromatic nitrogens is 3. The highest BCUT2D eigenvalue weighted by Gasteiger charge is 2.32. The van der Waals surface area contributed by atoms with Gasteiger partial charge in [-0.1, -0.05) is 12.1 Å². The maximum atomic E-state index is 12.3. The number of H-pyrrole nitrogens is 1. The van der Waals surface area contributed by atoms with Crippen molar-refractivity contribution in [3.8, 4) is 0 Å². The summed E-state index contributed by atoms with van der Waals surface area (Å²) in [4.78, 5) is 28.5. The summed E-state index contributed by atoms with van der Waals surface area (Å²) >= 11 is 0. The number of aliphatic hydroxyl groups is 1. The van der Waals surface area contributed by atoms with Crippen molar-refractivity contribution in [3.05, 3.63) is 58.6 Å². The Labute approximate surface area is 169 Å². The lowest BCUT2D eigenvalue weighted by Crippen LogP contribution is -2.38. The van der Waals surface area contributed by atoms with Crippen molar-refractivity contribution in [3.63, 3.8) is 0 Å². The molecule has 1 aliphatic rings. The van der Waals surface area contributed by atoms with Gasteiger partial charge in [-0.15, -0.1) is 0 Å². The molecule has 8 heteroatoms. The van der Waals surface area contributed by atoms with Crippen molar-refractivity contribution in [2.45, 2.75) is 25.1 Å². The second-order valence-electron chi connectivity index (χ2n) is 7.78. The van der Waals surface area contributed by atoms with Crippen LogP contribution >= 0.6 is 0 Å². The fourth-order valence-electron chi connectivity index (χ4n) is 3.90. The number of likely N-dealkylation sites (N-methyl/N-ethyl adjacent to an activating group) is 1. The SMILES string of the molecule is CN(C)C[C@H]1C[C@@H](O)CN1c1cc(NCc2cc(=O)c3ccccc3[nH]2)ncn1. The largest absolute Gasteiger partial charge is 0.391 e. The molecule has 0 saturated carbocycles. The summed E-state index contributed by atoms with van der Waals surface area (Å²) in [6, 6.07) is 11.2. The summed E-state index contributed by atoms with van der Waals surface area (Å²) in [6.07, 6.45) is 1.90. The Balaban J connectivity index is 1.50. The Morgan fingerprint density at radius 1 is 1.28 bits per heavy atom. The minimum Gasteiger partial charge on any atom is -0.391 e. The van der Waals surface area contributed by atoms with Gasteiger partial charge in [0.1, 0.15) is 18.0 Å². The number of pyridine rings is 1.